The first-order valence-electron chi connectivity index (χ1n) is 8.94. The monoisotopic (exact) mass is 347 g/mol. The normalized spacial score (nSPS) is 11.1. The van der Waals surface area contributed by atoms with Gasteiger partial charge in [-0.1, -0.05) is 85.4 Å². The van der Waals surface area contributed by atoms with Crippen molar-refractivity contribution >= 4 is 27.4 Å². The molecule has 4 aromatic carbocycles. The highest BCUT2D eigenvalue weighted by molar-refractivity contribution is 6.02. The Hall–Kier alpha value is -3.65. The van der Waals surface area contributed by atoms with E-state index < -0.39 is 0 Å². The van der Waals surface area contributed by atoms with E-state index in [1.807, 2.05) is 54.6 Å². The minimum Gasteiger partial charge on any atom is -0.436 e. The number of para-hydroxylation sites is 2. The second kappa shape index (κ2) is 6.26. The maximum Gasteiger partial charge on any atom is 0.228 e. The number of nitrogens with zero attached hydrogens (tertiary/aromatic N) is 1. The van der Waals surface area contributed by atoms with Gasteiger partial charge in [0.15, 0.2) is 5.58 Å². The van der Waals surface area contributed by atoms with Crippen LogP contribution in [0.5, 0.6) is 0 Å². The van der Waals surface area contributed by atoms with Gasteiger partial charge in [-0.05, 0) is 39.6 Å². The van der Waals surface area contributed by atoms with Gasteiger partial charge in [0.05, 0.1) is 5.56 Å². The topological polar surface area (TPSA) is 26.0 Å². The van der Waals surface area contributed by atoms with E-state index in [1.165, 1.54) is 0 Å². The smallest absolute Gasteiger partial charge is 0.228 e. The highest BCUT2D eigenvalue weighted by Gasteiger charge is 2.18. The van der Waals surface area contributed by atoms with Crippen LogP contribution in [0.25, 0.3) is 38.9 Å². The van der Waals surface area contributed by atoms with Crippen LogP contribution in [0, 0.1) is 0 Å². The number of aromatic nitrogens is 1. The summed E-state index contributed by atoms with van der Waals surface area (Å²) in [4.78, 5) is 4.76. The molecule has 2 heteroatoms. The molecule has 0 N–H and O–H groups in total. The molecule has 0 aliphatic heterocycles. The van der Waals surface area contributed by atoms with Crippen molar-refractivity contribution in [2.24, 2.45) is 0 Å². The summed E-state index contributed by atoms with van der Waals surface area (Å²) < 4.78 is 6.14. The Balaban J connectivity index is 1.81. The van der Waals surface area contributed by atoms with Crippen LogP contribution in [-0.4, -0.2) is 4.98 Å². The molecular weight excluding hydrogens is 330 g/mol. The third-order valence-electron chi connectivity index (χ3n) is 4.88. The zero-order valence-electron chi connectivity index (χ0n) is 14.7. The number of hydrogen-bond donors (Lipinski definition) is 0. The highest BCUT2D eigenvalue weighted by atomic mass is 16.3. The fraction of sp³-hybridized carbons (Fsp3) is 0. The molecule has 0 aliphatic rings. The van der Waals surface area contributed by atoms with Crippen LogP contribution in [0.15, 0.2) is 102 Å². The van der Waals surface area contributed by atoms with Crippen molar-refractivity contribution in [1.29, 1.82) is 0 Å². The fourth-order valence-corrected chi connectivity index (χ4v) is 3.53. The molecular formula is C25H17NO. The quantitative estimate of drug-likeness (QED) is 0.362. The van der Waals surface area contributed by atoms with Gasteiger partial charge in [-0.15, -0.1) is 0 Å². The van der Waals surface area contributed by atoms with E-state index in [1.54, 1.807) is 0 Å². The molecule has 0 fully saturated rings. The lowest BCUT2D eigenvalue weighted by atomic mass is 9.91. The van der Waals surface area contributed by atoms with Crippen LogP contribution in [0.4, 0.5) is 0 Å². The molecule has 0 unspecified atom stereocenters. The third kappa shape index (κ3) is 2.63. The van der Waals surface area contributed by atoms with Crippen LogP contribution in [0.2, 0.25) is 0 Å². The maximum absolute atomic E-state index is 6.14. The molecule has 128 valence electrons. The zero-order chi connectivity index (χ0) is 18.2. The number of oxazole rings is 1. The molecule has 0 saturated carbocycles. The van der Waals surface area contributed by atoms with Gasteiger partial charge >= 0.3 is 0 Å². The van der Waals surface area contributed by atoms with E-state index in [2.05, 4.69) is 43.0 Å². The zero-order valence-corrected chi connectivity index (χ0v) is 14.7. The molecule has 0 saturated heterocycles. The van der Waals surface area contributed by atoms with E-state index >= 15 is 0 Å². The molecule has 0 amide bonds. The Morgan fingerprint density at radius 3 is 2.33 bits per heavy atom. The Morgan fingerprint density at radius 1 is 0.741 bits per heavy atom. The van der Waals surface area contributed by atoms with Crippen LogP contribution in [0.3, 0.4) is 0 Å². The molecule has 0 radical (unpaired) electrons. The molecule has 1 aromatic heterocycles. The summed E-state index contributed by atoms with van der Waals surface area (Å²) in [6.07, 6.45) is 0. The first-order valence-corrected chi connectivity index (χ1v) is 8.94. The lowest BCUT2D eigenvalue weighted by Crippen LogP contribution is -1.93. The fourth-order valence-electron chi connectivity index (χ4n) is 3.53. The molecule has 2 nitrogen and oxygen atoms in total. The van der Waals surface area contributed by atoms with Crippen molar-refractivity contribution in [2.45, 2.75) is 0 Å². The molecule has 0 spiro atoms. The van der Waals surface area contributed by atoms with E-state index in [0.717, 1.165) is 44.1 Å². The lowest BCUT2D eigenvalue weighted by molar-refractivity contribution is 0.620. The van der Waals surface area contributed by atoms with Gasteiger partial charge in [0.2, 0.25) is 5.89 Å². The van der Waals surface area contributed by atoms with Gasteiger partial charge in [-0.2, -0.15) is 0 Å². The first kappa shape index (κ1) is 15.6. The average Bonchev–Trinajstić information content (AvgIpc) is 3.17. The molecule has 1 heterocycles. The molecule has 0 bridgehead atoms. The largest absolute Gasteiger partial charge is 0.436 e. The second-order valence-corrected chi connectivity index (χ2v) is 6.54. The van der Waals surface area contributed by atoms with Crippen molar-refractivity contribution in [3.05, 3.63) is 109 Å². The van der Waals surface area contributed by atoms with E-state index in [-0.39, 0.29) is 0 Å². The maximum atomic E-state index is 6.14. The number of rotatable bonds is 3. The van der Waals surface area contributed by atoms with Gasteiger partial charge in [-0.25, -0.2) is 4.98 Å². The molecule has 0 atom stereocenters. The summed E-state index contributed by atoms with van der Waals surface area (Å²) in [5.74, 6) is 0.625. The predicted molar refractivity (Wildman–Crippen MR) is 112 cm³/mol. The number of fused-ring (bicyclic) bond motifs is 2. The van der Waals surface area contributed by atoms with Gasteiger partial charge in [0.1, 0.15) is 5.52 Å². The summed E-state index contributed by atoms with van der Waals surface area (Å²) in [5.41, 5.74) is 5.71. The Bertz CT molecular complexity index is 1250. The van der Waals surface area contributed by atoms with Crippen molar-refractivity contribution in [3.63, 3.8) is 0 Å². The summed E-state index contributed by atoms with van der Waals surface area (Å²) in [6, 6.07) is 30.6. The van der Waals surface area contributed by atoms with Crippen molar-refractivity contribution in [3.8, 4) is 11.5 Å². The summed E-state index contributed by atoms with van der Waals surface area (Å²) in [6.45, 7) is 4.37. The van der Waals surface area contributed by atoms with E-state index in [0.29, 0.717) is 5.89 Å². The lowest BCUT2D eigenvalue weighted by Gasteiger charge is -2.13. The predicted octanol–water partition coefficient (Wildman–Crippen LogP) is 6.71. The minimum absolute atomic E-state index is 0.625. The van der Waals surface area contributed by atoms with Crippen molar-refractivity contribution in [1.82, 2.24) is 4.98 Å². The average molecular weight is 347 g/mol. The Kier molecular flexibility index (Phi) is 3.61. The van der Waals surface area contributed by atoms with Gasteiger partial charge in [0, 0.05) is 0 Å². The van der Waals surface area contributed by atoms with Crippen LogP contribution in [0.1, 0.15) is 11.1 Å². The number of benzene rings is 4. The Labute approximate surface area is 157 Å². The first-order chi connectivity index (χ1) is 13.3. The van der Waals surface area contributed by atoms with Crippen LogP contribution in [-0.2, 0) is 0 Å². The summed E-state index contributed by atoms with van der Waals surface area (Å²) in [7, 11) is 0. The third-order valence-corrected chi connectivity index (χ3v) is 4.88. The summed E-state index contributed by atoms with van der Waals surface area (Å²) >= 11 is 0. The SMILES string of the molecule is C=C(c1ccccc1)c1ccc2ccccc2c1-c1nc2ccccc2o1. The van der Waals surface area contributed by atoms with Gasteiger partial charge in [0.25, 0.3) is 0 Å². The van der Waals surface area contributed by atoms with Gasteiger partial charge < -0.3 is 4.42 Å². The van der Waals surface area contributed by atoms with E-state index in [9.17, 15) is 0 Å². The molecule has 0 aliphatic carbocycles. The molecule has 5 aromatic rings. The Morgan fingerprint density at radius 2 is 1.48 bits per heavy atom. The minimum atomic E-state index is 0.625. The molecule has 27 heavy (non-hydrogen) atoms. The van der Waals surface area contributed by atoms with Crippen molar-refractivity contribution in [2.75, 3.05) is 0 Å². The number of hydrogen-bond acceptors (Lipinski definition) is 2. The van der Waals surface area contributed by atoms with Crippen molar-refractivity contribution < 1.29 is 4.42 Å². The standard InChI is InChI=1S/C25H17NO/c1-17(18-9-3-2-4-10-18)20-16-15-19-11-5-6-12-21(19)24(20)25-26-22-13-7-8-14-23(22)27-25/h2-16H,1H2. The highest BCUT2D eigenvalue weighted by Crippen LogP contribution is 2.38. The van der Waals surface area contributed by atoms with E-state index in [4.69, 9.17) is 9.40 Å². The second-order valence-electron chi connectivity index (χ2n) is 6.54. The summed E-state index contributed by atoms with van der Waals surface area (Å²) in [5, 5.41) is 2.26. The van der Waals surface area contributed by atoms with Gasteiger partial charge in [-0.3, -0.25) is 0 Å². The molecule has 5 rings (SSSR count). The van der Waals surface area contributed by atoms with Crippen LogP contribution >= 0.6 is 0 Å². The van der Waals surface area contributed by atoms with Crippen LogP contribution < -0.4 is 0 Å².